The number of aromatic nitrogens is 1. The topological polar surface area (TPSA) is 104 Å². The molecule has 1 aromatic carbocycles. The number of halogens is 4. The highest BCUT2D eigenvalue weighted by Gasteiger charge is 2.39. The predicted molar refractivity (Wildman–Crippen MR) is 113 cm³/mol. The molecule has 2 heterocycles. The average molecular weight is 500 g/mol. The lowest BCUT2D eigenvalue weighted by molar-refractivity contribution is -0.190. The Morgan fingerprint density at radius 3 is 2.38 bits per heavy atom. The van der Waals surface area contributed by atoms with Crippen LogP contribution < -0.4 is 9.64 Å². The Bertz CT molecular complexity index is 1240. The maximum Gasteiger partial charge on any atom is 0.425 e. The van der Waals surface area contributed by atoms with Crippen molar-refractivity contribution in [2.75, 3.05) is 37.3 Å². The SMILES string of the molecule is C[C@H](Oc1ncc(S(C)(=O)=O)cc1C(=O)N1CCN(c2ccc(C#N)cc2F)CC1)C(F)(F)F. The molecule has 0 N–H and O–H groups in total. The second-order valence-corrected chi connectivity index (χ2v) is 9.67. The quantitative estimate of drug-likeness (QED) is 0.582. The predicted octanol–water partition coefficient (Wildman–Crippen LogP) is 2.79. The minimum absolute atomic E-state index is 0.0790. The first kappa shape index (κ1) is 25.2. The Morgan fingerprint density at radius 2 is 1.85 bits per heavy atom. The van der Waals surface area contributed by atoms with Gasteiger partial charge in [0.05, 0.1) is 22.2 Å². The summed E-state index contributed by atoms with van der Waals surface area (Å²) in [6, 6.07) is 6.79. The van der Waals surface area contributed by atoms with Crippen LogP contribution in [-0.4, -0.2) is 68.9 Å². The number of benzene rings is 1. The van der Waals surface area contributed by atoms with Crippen molar-refractivity contribution in [1.29, 1.82) is 5.26 Å². The lowest BCUT2D eigenvalue weighted by atomic mass is 10.1. The van der Waals surface area contributed by atoms with Gasteiger partial charge in [-0.3, -0.25) is 4.79 Å². The number of hydrogen-bond donors (Lipinski definition) is 0. The van der Waals surface area contributed by atoms with E-state index in [1.54, 1.807) is 4.90 Å². The van der Waals surface area contributed by atoms with Crippen molar-refractivity contribution in [2.45, 2.75) is 24.1 Å². The third kappa shape index (κ3) is 5.56. The molecule has 8 nitrogen and oxygen atoms in total. The molecule has 0 aliphatic carbocycles. The molecule has 0 saturated carbocycles. The smallest absolute Gasteiger partial charge is 0.425 e. The second kappa shape index (κ2) is 9.46. The van der Waals surface area contributed by atoms with E-state index in [-0.39, 0.29) is 42.3 Å². The van der Waals surface area contributed by atoms with Crippen molar-refractivity contribution >= 4 is 21.4 Å². The summed E-state index contributed by atoms with van der Waals surface area (Å²) in [7, 11) is -3.80. The largest absolute Gasteiger partial charge is 0.464 e. The van der Waals surface area contributed by atoms with Crippen molar-refractivity contribution in [3.8, 4) is 11.9 Å². The molecule has 0 unspecified atom stereocenters. The Labute approximate surface area is 193 Å². The van der Waals surface area contributed by atoms with E-state index in [0.29, 0.717) is 0 Å². The van der Waals surface area contributed by atoms with Gasteiger partial charge in [0.1, 0.15) is 11.4 Å². The number of nitriles is 1. The number of pyridine rings is 1. The number of alkyl halides is 3. The Kier molecular flexibility index (Phi) is 7.02. The van der Waals surface area contributed by atoms with Gasteiger partial charge in [-0.25, -0.2) is 17.8 Å². The fourth-order valence-corrected chi connectivity index (χ4v) is 3.85. The van der Waals surface area contributed by atoms with Gasteiger partial charge in [-0.15, -0.1) is 0 Å². The van der Waals surface area contributed by atoms with Gasteiger partial charge in [-0.2, -0.15) is 18.4 Å². The summed E-state index contributed by atoms with van der Waals surface area (Å²) in [6.45, 7) is 1.29. The first-order valence-electron chi connectivity index (χ1n) is 9.98. The zero-order chi connectivity index (χ0) is 25.3. The third-order valence-electron chi connectivity index (χ3n) is 5.22. The molecule has 1 amide bonds. The van der Waals surface area contributed by atoms with Crippen molar-refractivity contribution < 1.29 is 35.5 Å². The molecular weight excluding hydrogens is 480 g/mol. The van der Waals surface area contributed by atoms with E-state index < -0.39 is 45.3 Å². The van der Waals surface area contributed by atoms with Crippen LogP contribution in [-0.2, 0) is 9.84 Å². The van der Waals surface area contributed by atoms with E-state index in [0.717, 1.165) is 31.5 Å². The number of ether oxygens (including phenoxy) is 1. The van der Waals surface area contributed by atoms with Gasteiger partial charge in [-0.1, -0.05) is 0 Å². The number of anilines is 1. The van der Waals surface area contributed by atoms with Crippen LogP contribution in [0.25, 0.3) is 0 Å². The molecule has 1 atom stereocenters. The Morgan fingerprint density at radius 1 is 1.21 bits per heavy atom. The fourth-order valence-electron chi connectivity index (χ4n) is 3.27. The molecule has 182 valence electrons. The number of amides is 1. The molecule has 1 saturated heterocycles. The highest BCUT2D eigenvalue weighted by molar-refractivity contribution is 7.90. The van der Waals surface area contributed by atoms with Crippen LogP contribution in [0.2, 0.25) is 0 Å². The molecule has 1 aliphatic heterocycles. The van der Waals surface area contributed by atoms with Gasteiger partial charge in [-0.05, 0) is 31.2 Å². The molecule has 1 fully saturated rings. The van der Waals surface area contributed by atoms with Gasteiger partial charge >= 0.3 is 6.18 Å². The van der Waals surface area contributed by atoms with Gasteiger partial charge in [0, 0.05) is 38.6 Å². The molecule has 2 aromatic rings. The van der Waals surface area contributed by atoms with Crippen molar-refractivity contribution in [3.63, 3.8) is 0 Å². The maximum absolute atomic E-state index is 14.3. The summed E-state index contributed by atoms with van der Waals surface area (Å²) < 4.78 is 81.9. The normalized spacial score (nSPS) is 15.6. The molecule has 13 heteroatoms. The van der Waals surface area contributed by atoms with Crippen LogP contribution in [0.15, 0.2) is 35.4 Å². The summed E-state index contributed by atoms with van der Waals surface area (Å²) in [4.78, 5) is 19.4. The van der Waals surface area contributed by atoms with Gasteiger partial charge in [0.15, 0.2) is 15.9 Å². The average Bonchev–Trinajstić information content (AvgIpc) is 2.77. The Hall–Kier alpha value is -3.40. The molecule has 0 spiro atoms. The summed E-state index contributed by atoms with van der Waals surface area (Å²) in [5.41, 5.74) is -0.0131. The molecule has 3 rings (SSSR count). The summed E-state index contributed by atoms with van der Waals surface area (Å²) >= 11 is 0. The Balaban J connectivity index is 1.84. The molecule has 1 aliphatic rings. The lowest BCUT2D eigenvalue weighted by Gasteiger charge is -2.36. The van der Waals surface area contributed by atoms with Gasteiger partial charge in [0.25, 0.3) is 5.91 Å². The zero-order valence-corrected chi connectivity index (χ0v) is 19.0. The van der Waals surface area contributed by atoms with Crippen molar-refractivity contribution in [2.24, 2.45) is 0 Å². The van der Waals surface area contributed by atoms with E-state index in [4.69, 9.17) is 10.00 Å². The van der Waals surface area contributed by atoms with E-state index >= 15 is 0 Å². The van der Waals surface area contributed by atoms with Gasteiger partial charge in [0.2, 0.25) is 5.88 Å². The van der Waals surface area contributed by atoms with Crippen molar-refractivity contribution in [1.82, 2.24) is 9.88 Å². The summed E-state index contributed by atoms with van der Waals surface area (Å²) in [5, 5.41) is 8.87. The number of nitrogens with zero attached hydrogens (tertiary/aromatic N) is 4. The van der Waals surface area contributed by atoms with Crippen LogP contribution in [0.3, 0.4) is 0 Å². The van der Waals surface area contributed by atoms with E-state index in [1.165, 1.54) is 17.0 Å². The van der Waals surface area contributed by atoms with Crippen molar-refractivity contribution in [3.05, 3.63) is 47.4 Å². The van der Waals surface area contributed by atoms with Crippen LogP contribution in [0, 0.1) is 17.1 Å². The van der Waals surface area contributed by atoms with Crippen LogP contribution in [0.5, 0.6) is 5.88 Å². The number of rotatable bonds is 5. The van der Waals surface area contributed by atoms with E-state index in [2.05, 4.69) is 4.98 Å². The summed E-state index contributed by atoms with van der Waals surface area (Å²) in [6.07, 6.45) is -5.31. The standard InChI is InChI=1S/C21H20F4N4O4S/c1-13(21(23,24)25)33-19-16(10-15(12-27-19)34(2,31)32)20(30)29-7-5-28(6-8-29)18-4-3-14(11-26)9-17(18)22/h3-4,9-10,12-13H,5-8H2,1-2H3/t13-/m0/s1. The number of carbonyl (C=O) groups is 1. The number of carbonyl (C=O) groups excluding carboxylic acids is 1. The van der Waals surface area contributed by atoms with E-state index in [9.17, 15) is 30.8 Å². The highest BCUT2D eigenvalue weighted by atomic mass is 32.2. The second-order valence-electron chi connectivity index (χ2n) is 7.65. The van der Waals surface area contributed by atoms with E-state index in [1.807, 2.05) is 6.07 Å². The third-order valence-corrected chi connectivity index (χ3v) is 6.30. The number of piperazine rings is 1. The van der Waals surface area contributed by atoms with Gasteiger partial charge < -0.3 is 14.5 Å². The van der Waals surface area contributed by atoms with Crippen LogP contribution in [0.4, 0.5) is 23.2 Å². The minimum Gasteiger partial charge on any atom is -0.464 e. The first-order chi connectivity index (χ1) is 15.8. The zero-order valence-electron chi connectivity index (χ0n) is 18.1. The van der Waals surface area contributed by atoms with Crippen LogP contribution in [0.1, 0.15) is 22.8 Å². The number of sulfone groups is 1. The molecule has 0 bridgehead atoms. The monoisotopic (exact) mass is 500 g/mol. The summed E-state index contributed by atoms with van der Waals surface area (Å²) in [5.74, 6) is -1.99. The first-order valence-corrected chi connectivity index (χ1v) is 11.9. The molecule has 0 radical (unpaired) electrons. The lowest BCUT2D eigenvalue weighted by Crippen LogP contribution is -2.49. The highest BCUT2D eigenvalue weighted by Crippen LogP contribution is 2.29. The number of hydrogen-bond acceptors (Lipinski definition) is 7. The molecule has 1 aromatic heterocycles. The molecular formula is C21H20F4N4O4S. The maximum atomic E-state index is 14.3. The fraction of sp³-hybridized carbons (Fsp3) is 0.381. The minimum atomic E-state index is -4.73. The molecule has 34 heavy (non-hydrogen) atoms. The van der Waals surface area contributed by atoms with Crippen LogP contribution >= 0.6 is 0 Å².